The molecule has 3 rings (SSSR count). The van der Waals surface area contributed by atoms with Crippen molar-refractivity contribution >= 4 is 5.82 Å². The summed E-state index contributed by atoms with van der Waals surface area (Å²) in [6.45, 7) is 0. The number of hydrogen-bond donors (Lipinski definition) is 1. The molecule has 0 unspecified atom stereocenters. The summed E-state index contributed by atoms with van der Waals surface area (Å²) in [5, 5.41) is 15.5. The van der Waals surface area contributed by atoms with Crippen molar-refractivity contribution in [1.29, 1.82) is 5.26 Å². The van der Waals surface area contributed by atoms with Crippen molar-refractivity contribution in [3.8, 4) is 6.07 Å². The molecule has 4 nitrogen and oxygen atoms in total. The molecule has 1 aromatic heterocycles. The number of nitriles is 1. The monoisotopic (exact) mass is 310 g/mol. The lowest BCUT2D eigenvalue weighted by Gasteiger charge is -2.33. The van der Waals surface area contributed by atoms with Crippen molar-refractivity contribution in [2.75, 3.05) is 5.32 Å². The maximum Gasteiger partial charge on any atom is 0.410 e. The van der Waals surface area contributed by atoms with Crippen LogP contribution in [-0.2, 0) is 0 Å². The second-order valence-electron chi connectivity index (χ2n) is 5.00. The number of rotatable bonds is 1. The van der Waals surface area contributed by atoms with Crippen LogP contribution in [0.3, 0.4) is 0 Å². The summed E-state index contributed by atoms with van der Waals surface area (Å²) in [5.74, 6) is -0.430. The van der Waals surface area contributed by atoms with E-state index in [2.05, 4.69) is 10.4 Å². The van der Waals surface area contributed by atoms with Crippen LogP contribution in [0.4, 0.5) is 23.4 Å². The summed E-state index contributed by atoms with van der Waals surface area (Å²) in [7, 11) is 0. The molecule has 0 radical (unpaired) electrons. The zero-order valence-electron chi connectivity index (χ0n) is 11.1. The molecule has 2 aromatic rings. The van der Waals surface area contributed by atoms with Gasteiger partial charge in [0.2, 0.25) is 0 Å². The van der Waals surface area contributed by atoms with E-state index in [0.29, 0.717) is 5.56 Å². The van der Waals surface area contributed by atoms with Gasteiger partial charge in [0.05, 0.1) is 12.2 Å². The Kier molecular flexibility index (Phi) is 3.28. The molecule has 0 amide bonds. The highest BCUT2D eigenvalue weighted by atomic mass is 19.4. The third-order valence-corrected chi connectivity index (χ3v) is 3.63. The first-order valence-corrected chi connectivity index (χ1v) is 6.46. The van der Waals surface area contributed by atoms with Crippen LogP contribution in [0.1, 0.15) is 29.6 Å². The van der Waals surface area contributed by atoms with Gasteiger partial charge in [0.15, 0.2) is 6.04 Å². The van der Waals surface area contributed by atoms with Gasteiger partial charge >= 0.3 is 6.18 Å². The van der Waals surface area contributed by atoms with Gasteiger partial charge in [0, 0.05) is 6.42 Å². The molecule has 0 fully saturated rings. The molecule has 1 aliphatic rings. The van der Waals surface area contributed by atoms with Crippen LogP contribution in [0.2, 0.25) is 0 Å². The minimum atomic E-state index is -4.49. The standard InChI is InChI=1S/C14H10F4N4/c15-10-3-1-8(2-4-10)11-5-12(14(16,17)18)22-13(21-11)9(6-19)7-20-22/h1-4,7,11-12,21H,5H2/t11-,12-/m1/s1. The molecule has 1 aliphatic heterocycles. The molecule has 1 aromatic carbocycles. The summed E-state index contributed by atoms with van der Waals surface area (Å²) in [6, 6.07) is 4.55. The Balaban J connectivity index is 2.03. The lowest BCUT2D eigenvalue weighted by molar-refractivity contribution is -0.173. The first-order chi connectivity index (χ1) is 10.4. The van der Waals surface area contributed by atoms with Crippen LogP contribution in [0.5, 0.6) is 0 Å². The van der Waals surface area contributed by atoms with Crippen LogP contribution >= 0.6 is 0 Å². The summed E-state index contributed by atoms with van der Waals surface area (Å²) in [5.41, 5.74) is 0.563. The Bertz CT molecular complexity index is 727. The van der Waals surface area contributed by atoms with Gasteiger partial charge in [-0.2, -0.15) is 23.5 Å². The van der Waals surface area contributed by atoms with Crippen molar-refractivity contribution in [2.24, 2.45) is 0 Å². The normalized spacial score (nSPS) is 20.9. The minimum Gasteiger partial charge on any atom is -0.362 e. The molecule has 8 heteroatoms. The highest BCUT2D eigenvalue weighted by molar-refractivity contribution is 5.54. The van der Waals surface area contributed by atoms with E-state index in [-0.39, 0.29) is 17.8 Å². The van der Waals surface area contributed by atoms with E-state index >= 15 is 0 Å². The van der Waals surface area contributed by atoms with E-state index in [1.54, 1.807) is 0 Å². The van der Waals surface area contributed by atoms with Crippen LogP contribution in [0.25, 0.3) is 0 Å². The van der Waals surface area contributed by atoms with E-state index in [1.807, 2.05) is 6.07 Å². The number of anilines is 1. The predicted octanol–water partition coefficient (Wildman–Crippen LogP) is 3.55. The number of fused-ring (bicyclic) bond motifs is 1. The fourth-order valence-electron chi connectivity index (χ4n) is 2.56. The van der Waals surface area contributed by atoms with Gasteiger partial charge < -0.3 is 5.32 Å². The average Bonchev–Trinajstić information content (AvgIpc) is 2.88. The first kappa shape index (κ1) is 14.4. The van der Waals surface area contributed by atoms with Gasteiger partial charge in [-0.3, -0.25) is 0 Å². The Morgan fingerprint density at radius 3 is 2.55 bits per heavy atom. The van der Waals surface area contributed by atoms with Gasteiger partial charge in [-0.05, 0) is 17.7 Å². The lowest BCUT2D eigenvalue weighted by Crippen LogP contribution is -2.35. The smallest absolute Gasteiger partial charge is 0.362 e. The molecule has 0 aliphatic carbocycles. The second kappa shape index (κ2) is 5.02. The minimum absolute atomic E-state index is 0.0328. The van der Waals surface area contributed by atoms with E-state index < -0.39 is 24.1 Å². The molecular weight excluding hydrogens is 300 g/mol. The van der Waals surface area contributed by atoms with Crippen molar-refractivity contribution in [3.05, 3.63) is 47.4 Å². The van der Waals surface area contributed by atoms with Crippen molar-refractivity contribution < 1.29 is 17.6 Å². The number of aromatic nitrogens is 2. The summed E-state index contributed by atoms with van der Waals surface area (Å²) >= 11 is 0. The van der Waals surface area contributed by atoms with Gasteiger partial charge in [0.25, 0.3) is 0 Å². The molecule has 0 saturated heterocycles. The van der Waals surface area contributed by atoms with E-state index in [1.165, 1.54) is 24.3 Å². The maximum absolute atomic E-state index is 13.3. The molecule has 0 spiro atoms. The maximum atomic E-state index is 13.3. The zero-order valence-corrected chi connectivity index (χ0v) is 11.1. The average molecular weight is 310 g/mol. The molecule has 22 heavy (non-hydrogen) atoms. The van der Waals surface area contributed by atoms with Gasteiger partial charge in [-0.15, -0.1) is 0 Å². The van der Waals surface area contributed by atoms with Crippen molar-refractivity contribution in [3.63, 3.8) is 0 Å². The van der Waals surface area contributed by atoms with Crippen LogP contribution in [0, 0.1) is 17.1 Å². The van der Waals surface area contributed by atoms with E-state index in [0.717, 1.165) is 10.9 Å². The Labute approximate surface area is 123 Å². The van der Waals surface area contributed by atoms with Crippen molar-refractivity contribution in [2.45, 2.75) is 24.7 Å². The summed E-state index contributed by atoms with van der Waals surface area (Å²) in [4.78, 5) is 0. The Morgan fingerprint density at radius 2 is 1.95 bits per heavy atom. The molecule has 0 bridgehead atoms. The van der Waals surface area contributed by atoms with Crippen LogP contribution in [-0.4, -0.2) is 16.0 Å². The molecule has 2 atom stereocenters. The summed E-state index contributed by atoms with van der Waals surface area (Å²) < 4.78 is 53.5. The molecule has 0 saturated carbocycles. The highest BCUT2D eigenvalue weighted by Gasteiger charge is 2.46. The third-order valence-electron chi connectivity index (χ3n) is 3.63. The number of nitrogens with one attached hydrogen (secondary N) is 1. The zero-order chi connectivity index (χ0) is 15.9. The van der Waals surface area contributed by atoms with Gasteiger partial charge in [-0.1, -0.05) is 12.1 Å². The largest absolute Gasteiger partial charge is 0.410 e. The van der Waals surface area contributed by atoms with Gasteiger partial charge in [-0.25, -0.2) is 9.07 Å². The van der Waals surface area contributed by atoms with E-state index in [9.17, 15) is 17.6 Å². The summed E-state index contributed by atoms with van der Waals surface area (Å²) in [6.07, 6.45) is -3.67. The molecule has 1 N–H and O–H groups in total. The Morgan fingerprint density at radius 1 is 1.27 bits per heavy atom. The number of hydrogen-bond acceptors (Lipinski definition) is 3. The second-order valence-corrected chi connectivity index (χ2v) is 5.00. The number of alkyl halides is 3. The van der Waals surface area contributed by atoms with E-state index in [4.69, 9.17) is 5.26 Å². The fourth-order valence-corrected chi connectivity index (χ4v) is 2.56. The molecular formula is C14H10F4N4. The SMILES string of the molecule is N#Cc1cnn2c1N[C@@H](c1ccc(F)cc1)C[C@@H]2C(F)(F)F. The quantitative estimate of drug-likeness (QED) is 0.820. The van der Waals surface area contributed by atoms with Crippen LogP contribution < -0.4 is 5.32 Å². The number of nitrogens with zero attached hydrogens (tertiary/aromatic N) is 3. The topological polar surface area (TPSA) is 53.6 Å². The van der Waals surface area contributed by atoms with Crippen molar-refractivity contribution in [1.82, 2.24) is 9.78 Å². The number of halogens is 4. The highest BCUT2D eigenvalue weighted by Crippen LogP contribution is 2.44. The van der Waals surface area contributed by atoms with Crippen LogP contribution in [0.15, 0.2) is 30.5 Å². The molecule has 2 heterocycles. The number of benzene rings is 1. The first-order valence-electron chi connectivity index (χ1n) is 6.46. The lowest BCUT2D eigenvalue weighted by atomic mass is 9.96. The Hall–Kier alpha value is -2.56. The van der Waals surface area contributed by atoms with Gasteiger partial charge in [0.1, 0.15) is 23.3 Å². The molecule has 114 valence electrons. The third kappa shape index (κ3) is 2.39. The fraction of sp³-hybridized carbons (Fsp3) is 0.286. The predicted molar refractivity (Wildman–Crippen MR) is 69.4 cm³/mol.